The zero-order valence-electron chi connectivity index (χ0n) is 16.8. The number of likely N-dealkylation sites (tertiary alicyclic amines) is 1. The van der Waals surface area contributed by atoms with Gasteiger partial charge in [-0.25, -0.2) is 14.8 Å². The maximum absolute atomic E-state index is 12.0. The largest absolute Gasteiger partial charge is 0.474 e. The molecule has 0 aromatic carbocycles. The van der Waals surface area contributed by atoms with Crippen LogP contribution in [0.3, 0.4) is 0 Å². The highest BCUT2D eigenvalue weighted by molar-refractivity contribution is 7.77. The van der Waals surface area contributed by atoms with Crippen molar-refractivity contribution in [1.82, 2.24) is 19.2 Å². The van der Waals surface area contributed by atoms with E-state index < -0.39 is 0 Å². The van der Waals surface area contributed by atoms with Gasteiger partial charge < -0.3 is 19.1 Å². The van der Waals surface area contributed by atoms with E-state index in [2.05, 4.69) is 22.8 Å². The molecule has 0 saturated carbocycles. The number of hydrogen-bond donors (Lipinski definition) is 1. The Kier molecular flexibility index (Phi) is 7.23. The molecule has 2 aliphatic heterocycles. The van der Waals surface area contributed by atoms with E-state index in [1.807, 2.05) is 25.1 Å². The average Bonchev–Trinajstić information content (AvgIpc) is 2.67. The highest BCUT2D eigenvalue weighted by atomic mass is 32.1. The lowest BCUT2D eigenvalue weighted by Crippen LogP contribution is -2.42. The van der Waals surface area contributed by atoms with E-state index in [9.17, 15) is 4.79 Å². The van der Waals surface area contributed by atoms with Gasteiger partial charge in [0.1, 0.15) is 18.5 Å². The zero-order valence-corrected chi connectivity index (χ0v) is 17.7. The van der Waals surface area contributed by atoms with Crippen molar-refractivity contribution in [3.05, 3.63) is 11.9 Å². The highest BCUT2D eigenvalue weighted by Crippen LogP contribution is 2.28. The molecule has 0 N–H and O–H groups in total. The van der Waals surface area contributed by atoms with Crippen LogP contribution < -0.4 is 9.47 Å². The fraction of sp³-hybridized carbons (Fsp3) is 0.737. The molecule has 2 saturated heterocycles. The van der Waals surface area contributed by atoms with Crippen LogP contribution in [0.5, 0.6) is 11.8 Å². The molecule has 0 bridgehead atoms. The topological polar surface area (TPSA) is 77.0 Å². The average molecular weight is 411 g/mol. The first-order valence-corrected chi connectivity index (χ1v) is 10.4. The summed E-state index contributed by atoms with van der Waals surface area (Å²) in [6.45, 7) is 8.67. The molecule has 2 fully saturated rings. The van der Waals surface area contributed by atoms with E-state index in [0.29, 0.717) is 24.8 Å². The number of carbonyl (C=O) groups is 1. The van der Waals surface area contributed by atoms with Crippen LogP contribution >= 0.6 is 12.8 Å². The Balaban J connectivity index is 1.53. The van der Waals surface area contributed by atoms with Gasteiger partial charge in [0.2, 0.25) is 11.8 Å². The highest BCUT2D eigenvalue weighted by Gasteiger charge is 2.27. The molecule has 0 spiro atoms. The van der Waals surface area contributed by atoms with Gasteiger partial charge in [0.15, 0.2) is 0 Å². The molecule has 9 heteroatoms. The molecular formula is C19H30N4O4S. The van der Waals surface area contributed by atoms with E-state index in [0.717, 1.165) is 44.3 Å². The van der Waals surface area contributed by atoms with E-state index in [-0.39, 0.29) is 24.4 Å². The lowest BCUT2D eigenvalue weighted by molar-refractivity contribution is 0.0503. The third kappa shape index (κ3) is 5.64. The summed E-state index contributed by atoms with van der Waals surface area (Å²) >= 11 is 4.37. The Morgan fingerprint density at radius 3 is 2.04 bits per heavy atom. The molecule has 0 unspecified atom stereocenters. The molecule has 0 aliphatic carbocycles. The Morgan fingerprint density at radius 2 is 1.54 bits per heavy atom. The van der Waals surface area contributed by atoms with Crippen LogP contribution in [-0.4, -0.2) is 69.8 Å². The predicted molar refractivity (Wildman–Crippen MR) is 108 cm³/mol. The number of hydrogen-bond acceptors (Lipinski definition) is 8. The summed E-state index contributed by atoms with van der Waals surface area (Å²) in [6, 6.07) is 0. The zero-order chi connectivity index (χ0) is 20.1. The van der Waals surface area contributed by atoms with E-state index in [1.54, 1.807) is 4.90 Å². The number of thiol groups is 1. The van der Waals surface area contributed by atoms with Crippen LogP contribution in [0.1, 0.15) is 45.1 Å². The van der Waals surface area contributed by atoms with Gasteiger partial charge >= 0.3 is 6.09 Å². The van der Waals surface area contributed by atoms with Gasteiger partial charge in [0.25, 0.3) is 0 Å². The molecule has 28 heavy (non-hydrogen) atoms. The fourth-order valence-electron chi connectivity index (χ4n) is 3.36. The first-order chi connectivity index (χ1) is 13.4. The van der Waals surface area contributed by atoms with Crippen molar-refractivity contribution in [2.75, 3.05) is 26.2 Å². The summed E-state index contributed by atoms with van der Waals surface area (Å²) in [7, 11) is 0. The van der Waals surface area contributed by atoms with Crippen LogP contribution in [0.4, 0.5) is 4.79 Å². The van der Waals surface area contributed by atoms with Gasteiger partial charge in [-0.1, -0.05) is 12.8 Å². The predicted octanol–water partition coefficient (Wildman–Crippen LogP) is 2.86. The third-order valence-electron chi connectivity index (χ3n) is 5.00. The van der Waals surface area contributed by atoms with Crippen molar-refractivity contribution in [3.63, 3.8) is 0 Å². The quantitative estimate of drug-likeness (QED) is 0.748. The Hall–Kier alpha value is -1.74. The molecule has 8 nitrogen and oxygen atoms in total. The number of rotatable bonds is 5. The monoisotopic (exact) mass is 410 g/mol. The maximum atomic E-state index is 12.0. The molecule has 156 valence electrons. The van der Waals surface area contributed by atoms with E-state index >= 15 is 0 Å². The molecule has 2 aliphatic rings. The summed E-state index contributed by atoms with van der Waals surface area (Å²) < 4.78 is 19.5. The molecule has 3 rings (SSSR count). The first-order valence-electron chi connectivity index (χ1n) is 9.96. The second-order valence-electron chi connectivity index (χ2n) is 7.62. The van der Waals surface area contributed by atoms with Gasteiger partial charge in [0, 0.05) is 39.0 Å². The lowest BCUT2D eigenvalue weighted by Gasteiger charge is -2.32. The Labute approximate surface area is 172 Å². The van der Waals surface area contributed by atoms with Crippen LogP contribution in [0, 0.1) is 6.92 Å². The maximum Gasteiger partial charge on any atom is 0.410 e. The van der Waals surface area contributed by atoms with Crippen molar-refractivity contribution >= 4 is 18.9 Å². The smallest absolute Gasteiger partial charge is 0.410 e. The van der Waals surface area contributed by atoms with Gasteiger partial charge in [-0.3, -0.25) is 4.31 Å². The van der Waals surface area contributed by atoms with E-state index in [4.69, 9.17) is 14.2 Å². The van der Waals surface area contributed by atoms with Crippen molar-refractivity contribution in [1.29, 1.82) is 0 Å². The second-order valence-corrected chi connectivity index (χ2v) is 8.18. The number of amides is 1. The van der Waals surface area contributed by atoms with E-state index in [1.165, 1.54) is 6.33 Å². The summed E-state index contributed by atoms with van der Waals surface area (Å²) in [5.74, 6) is 1.14. The summed E-state index contributed by atoms with van der Waals surface area (Å²) in [5.41, 5.74) is 0.817. The minimum Gasteiger partial charge on any atom is -0.474 e. The normalized spacial score (nSPS) is 19.7. The van der Waals surface area contributed by atoms with Crippen molar-refractivity contribution in [2.24, 2.45) is 0 Å². The van der Waals surface area contributed by atoms with Crippen LogP contribution in [0.2, 0.25) is 0 Å². The van der Waals surface area contributed by atoms with Gasteiger partial charge in [-0.05, 0) is 33.6 Å². The lowest BCUT2D eigenvalue weighted by atomic mass is 10.1. The van der Waals surface area contributed by atoms with Gasteiger partial charge in [-0.2, -0.15) is 0 Å². The molecule has 1 aromatic heterocycles. The van der Waals surface area contributed by atoms with Crippen molar-refractivity contribution in [3.8, 4) is 11.8 Å². The molecule has 0 radical (unpaired) electrons. The fourth-order valence-corrected chi connectivity index (χ4v) is 3.60. The number of carbonyl (C=O) groups excluding carboxylic acids is 1. The molecule has 1 aromatic rings. The number of nitrogens with zero attached hydrogens (tertiary/aromatic N) is 4. The minimum absolute atomic E-state index is 0.0111. The number of aromatic nitrogens is 2. The standard InChI is InChI=1S/C19H30N4O4S/c1-13(2)25-19(24)22-8-4-15(5-9-22)26-17-14(3)18(21-12-20-17)27-16-6-10-23(28)11-7-16/h12-13,15-16,28H,4-11H2,1-3H3. The van der Waals surface area contributed by atoms with Crippen molar-refractivity contribution in [2.45, 2.75) is 64.8 Å². The second kappa shape index (κ2) is 9.65. The third-order valence-corrected chi connectivity index (χ3v) is 5.40. The van der Waals surface area contributed by atoms with Crippen LogP contribution in [-0.2, 0) is 4.74 Å². The first kappa shape index (κ1) is 21.0. The Bertz CT molecular complexity index is 659. The summed E-state index contributed by atoms with van der Waals surface area (Å²) in [4.78, 5) is 22.3. The Morgan fingerprint density at radius 1 is 1.04 bits per heavy atom. The molecule has 0 atom stereocenters. The van der Waals surface area contributed by atoms with Gasteiger partial charge in [-0.15, -0.1) is 0 Å². The molecule has 1 amide bonds. The van der Waals surface area contributed by atoms with Crippen LogP contribution in [0.25, 0.3) is 0 Å². The minimum atomic E-state index is -0.255. The summed E-state index contributed by atoms with van der Waals surface area (Å²) in [6.07, 6.45) is 4.61. The summed E-state index contributed by atoms with van der Waals surface area (Å²) in [5, 5.41) is 0. The van der Waals surface area contributed by atoms with Gasteiger partial charge in [0.05, 0.1) is 11.7 Å². The molecular weight excluding hydrogens is 380 g/mol. The van der Waals surface area contributed by atoms with Crippen LogP contribution in [0.15, 0.2) is 6.33 Å². The van der Waals surface area contributed by atoms with Crippen molar-refractivity contribution < 1.29 is 19.0 Å². The molecule has 3 heterocycles. The number of piperidine rings is 2. The SMILES string of the molecule is Cc1c(OC2CCN(S)CC2)ncnc1OC1CCN(C(=O)OC(C)C)CC1. The number of ether oxygens (including phenoxy) is 3.